The van der Waals surface area contributed by atoms with E-state index in [1.807, 2.05) is 0 Å². The van der Waals surface area contributed by atoms with Gasteiger partial charge in [0.25, 0.3) is 0 Å². The molecule has 0 aromatic carbocycles. The van der Waals surface area contributed by atoms with Gasteiger partial charge in [0, 0.05) is 24.2 Å². The number of nitrogens with two attached hydrogens (primary N) is 2. The normalized spacial score (nSPS) is 26.8. The molecular weight excluding hydrogens is 1060 g/mol. The number of imidazole rings is 2. The maximum Gasteiger partial charge on any atom is 0.393 e. The molecule has 4 aromatic heterocycles. The average Bonchev–Trinajstić information content (AvgIpc) is 4.17. The molecule has 7 rings (SSSR count). The predicted molar refractivity (Wildman–Crippen MR) is 279 cm³/mol. The number of alkyl halides is 2. The summed E-state index contributed by atoms with van der Waals surface area (Å²) in [5, 5.41) is 0. The zero-order valence-electron chi connectivity index (χ0n) is 42.5. The Morgan fingerprint density at radius 2 is 1.20 bits per heavy atom. The number of carbonyl (C=O) groups excluding carboxylic acids is 2. The highest BCUT2D eigenvalue weighted by molar-refractivity contribution is 8.56. The first-order valence-electron chi connectivity index (χ1n) is 25.9. The van der Waals surface area contributed by atoms with Crippen molar-refractivity contribution >= 4 is 82.0 Å². The number of rotatable bonds is 28. The Morgan fingerprint density at radius 3 is 1.75 bits per heavy atom. The van der Waals surface area contributed by atoms with Crippen LogP contribution < -0.4 is 11.5 Å². The third-order valence-corrected chi connectivity index (χ3v) is 19.9. The smallest absolute Gasteiger partial charge is 0.393 e. The fourth-order valence-corrected chi connectivity index (χ4v) is 14.1. The SMILES string of the molecule is CCCCCCCCCCCC(=O)OCSP1(=O)CO[C@H]2[C@@H](F)[C@H](n3cnc4c(N)ncnc43)O[C@@H]2COP(=O)(SCOC(=O)CCCCCCCCCCC)O[C@@H]2/C(=C\O1)O[C@@H](n1cnc3c(N)ncnc31)[C@@H]2F. The molecule has 2 fully saturated rings. The molecule has 3 aliphatic rings. The number of fused-ring (bicyclic) bond motifs is 4. The standard InChI is InChI=1S/C47H70F2N10O12P2S2/c1-3-5-7-9-11-13-15-17-19-21-34(60)65-30-74-72(62)29-64-40-32(69-46(36(40)48)58-27-56-38-42(50)52-25-54-44(38)58)24-68-73(63,75-31-66-35(61)22-20-18-16-14-12-10-8-6-4-2)71-41-33(23-67-72)70-47(37(41)49)59-28-57-39-43(51)53-26-55-45(39)59/h23,25-28,32,36-37,40-41,46-47H,3-22,24,29-31H2,1-2H3,(H2,50,52,54)(H2,51,53,55)/b33-23+/t32-,36-,37-,40-,41-,46-,47-,72?,73?/m1/s1. The van der Waals surface area contributed by atoms with Gasteiger partial charge in [0.2, 0.25) is 6.23 Å². The van der Waals surface area contributed by atoms with E-state index in [2.05, 4.69) is 43.8 Å². The van der Waals surface area contributed by atoms with Crippen LogP contribution in [0.4, 0.5) is 20.4 Å². The van der Waals surface area contributed by atoms with Crippen molar-refractivity contribution in [3.05, 3.63) is 37.3 Å². The summed E-state index contributed by atoms with van der Waals surface area (Å²) in [4.78, 5) is 50.5. The van der Waals surface area contributed by atoms with Crippen LogP contribution in [-0.2, 0) is 56.0 Å². The molecule has 0 saturated carbocycles. The molecule has 0 amide bonds. The molecule has 9 atom stereocenters. The van der Waals surface area contributed by atoms with Gasteiger partial charge < -0.3 is 39.7 Å². The molecule has 0 bridgehead atoms. The van der Waals surface area contributed by atoms with Crippen molar-refractivity contribution in [3.63, 3.8) is 0 Å². The summed E-state index contributed by atoms with van der Waals surface area (Å²) in [7, 11) is 0. The van der Waals surface area contributed by atoms with Crippen LogP contribution in [0.1, 0.15) is 155 Å². The van der Waals surface area contributed by atoms with Gasteiger partial charge in [-0.1, -0.05) is 117 Å². The first-order valence-corrected chi connectivity index (χ1v) is 32.5. The molecule has 3 aliphatic heterocycles. The Bertz CT molecular complexity index is 2610. The van der Waals surface area contributed by atoms with Gasteiger partial charge >= 0.3 is 25.3 Å². The lowest BCUT2D eigenvalue weighted by atomic mass is 10.1. The topological polar surface area (TPSA) is 281 Å². The van der Waals surface area contributed by atoms with Crippen molar-refractivity contribution in [1.82, 2.24) is 39.0 Å². The van der Waals surface area contributed by atoms with Crippen LogP contribution in [0.3, 0.4) is 0 Å². The molecule has 0 radical (unpaired) electrons. The fraction of sp³-hybridized carbons (Fsp3) is 0.702. The van der Waals surface area contributed by atoms with Crippen LogP contribution in [0, 0.1) is 0 Å². The van der Waals surface area contributed by atoms with Gasteiger partial charge in [0.05, 0.1) is 12.9 Å². The van der Waals surface area contributed by atoms with E-state index >= 15 is 13.3 Å². The summed E-state index contributed by atoms with van der Waals surface area (Å²) in [6, 6.07) is 0. The van der Waals surface area contributed by atoms with Crippen LogP contribution in [0.5, 0.6) is 0 Å². The minimum absolute atomic E-state index is 0.00538. The molecule has 22 nitrogen and oxygen atoms in total. The number of carbonyl (C=O) groups is 2. The van der Waals surface area contributed by atoms with E-state index in [0.29, 0.717) is 35.6 Å². The Kier molecular flexibility index (Phi) is 22.6. The second-order valence-electron chi connectivity index (χ2n) is 18.6. The second kappa shape index (κ2) is 29.0. The van der Waals surface area contributed by atoms with Crippen molar-refractivity contribution in [2.24, 2.45) is 0 Å². The molecule has 4 aromatic rings. The molecule has 416 valence electrons. The number of nitrogen functional groups attached to an aromatic ring is 2. The minimum Gasteiger partial charge on any atom is -0.465 e. The van der Waals surface area contributed by atoms with Gasteiger partial charge in [-0.05, 0) is 24.2 Å². The lowest BCUT2D eigenvalue weighted by molar-refractivity contribution is -0.142. The van der Waals surface area contributed by atoms with Crippen molar-refractivity contribution < 1.29 is 64.8 Å². The Morgan fingerprint density at radius 1 is 0.693 bits per heavy atom. The van der Waals surface area contributed by atoms with E-state index in [4.69, 9.17) is 48.7 Å². The van der Waals surface area contributed by atoms with Crippen LogP contribution in [0.15, 0.2) is 37.3 Å². The largest absolute Gasteiger partial charge is 0.465 e. The number of anilines is 2. The third kappa shape index (κ3) is 16.2. The first-order chi connectivity index (χ1) is 36.3. The van der Waals surface area contributed by atoms with E-state index in [0.717, 1.165) is 64.0 Å². The van der Waals surface area contributed by atoms with Gasteiger partial charge in [-0.15, -0.1) is 0 Å². The monoisotopic (exact) mass is 1130 g/mol. The minimum atomic E-state index is -4.73. The maximum absolute atomic E-state index is 17.2. The van der Waals surface area contributed by atoms with E-state index in [-0.39, 0.29) is 46.8 Å². The molecule has 28 heteroatoms. The average molecular weight is 1130 g/mol. The Balaban J connectivity index is 1.11. The number of halogens is 2. The van der Waals surface area contributed by atoms with E-state index in [1.165, 1.54) is 79.5 Å². The number of esters is 2. The summed E-state index contributed by atoms with van der Waals surface area (Å²) >= 11 is 1.01. The zero-order chi connectivity index (χ0) is 53.2. The highest BCUT2D eigenvalue weighted by Crippen LogP contribution is 2.65. The molecule has 2 unspecified atom stereocenters. The van der Waals surface area contributed by atoms with Crippen molar-refractivity contribution in [3.8, 4) is 0 Å². The summed E-state index contributed by atoms with van der Waals surface area (Å²) in [5.41, 5.74) is 12.6. The lowest BCUT2D eigenvalue weighted by Crippen LogP contribution is -2.35. The Labute approximate surface area is 443 Å². The summed E-state index contributed by atoms with van der Waals surface area (Å²) < 4.78 is 114. The molecule has 0 spiro atoms. The summed E-state index contributed by atoms with van der Waals surface area (Å²) in [6.07, 6.45) is 11.6. The zero-order valence-corrected chi connectivity index (χ0v) is 45.9. The van der Waals surface area contributed by atoms with Crippen molar-refractivity contribution in [1.29, 1.82) is 0 Å². The van der Waals surface area contributed by atoms with Crippen LogP contribution in [0.2, 0.25) is 0 Å². The van der Waals surface area contributed by atoms with Gasteiger partial charge in [0.1, 0.15) is 66.7 Å². The molecule has 7 heterocycles. The van der Waals surface area contributed by atoms with E-state index in [1.54, 1.807) is 0 Å². The van der Waals surface area contributed by atoms with Crippen LogP contribution in [-0.4, -0.2) is 106 Å². The second-order valence-corrected chi connectivity index (χ2v) is 27.2. The number of hydrogen-bond donors (Lipinski definition) is 2. The first kappa shape index (κ1) is 58.5. The number of unbranched alkanes of at least 4 members (excludes halogenated alkanes) is 16. The molecule has 4 N–H and O–H groups in total. The number of hydrogen-bond acceptors (Lipinski definition) is 22. The van der Waals surface area contributed by atoms with Gasteiger partial charge in [0.15, 0.2) is 53.4 Å². The fourth-order valence-electron chi connectivity index (χ4n) is 8.80. The van der Waals surface area contributed by atoms with Crippen molar-refractivity contribution in [2.45, 2.75) is 185 Å². The molecule has 2 saturated heterocycles. The van der Waals surface area contributed by atoms with Gasteiger partial charge in [-0.2, -0.15) is 0 Å². The van der Waals surface area contributed by atoms with Gasteiger partial charge in [-0.3, -0.25) is 32.3 Å². The number of ether oxygens (including phenoxy) is 5. The van der Waals surface area contributed by atoms with Gasteiger partial charge in [-0.25, -0.2) is 43.2 Å². The molecule has 0 aliphatic carbocycles. The molecular formula is C47H70F2N10O12P2S2. The maximum atomic E-state index is 17.2. The number of nitrogens with zero attached hydrogens (tertiary/aromatic N) is 8. The Hall–Kier alpha value is -4.16. The summed E-state index contributed by atoms with van der Waals surface area (Å²) in [5.74, 6) is -2.51. The third-order valence-electron chi connectivity index (χ3n) is 13.0. The highest BCUT2D eigenvalue weighted by Gasteiger charge is 2.53. The number of aromatic nitrogens is 8. The molecule has 75 heavy (non-hydrogen) atoms. The lowest BCUT2D eigenvalue weighted by Gasteiger charge is -2.25. The summed E-state index contributed by atoms with van der Waals surface area (Å²) in [6.45, 7) is -5.38. The predicted octanol–water partition coefficient (Wildman–Crippen LogP) is 11.2. The van der Waals surface area contributed by atoms with E-state index < -0.39 is 99.0 Å². The van der Waals surface area contributed by atoms with Crippen molar-refractivity contribution in [2.75, 3.05) is 36.3 Å². The highest BCUT2D eigenvalue weighted by atomic mass is 32.7. The quantitative estimate of drug-likeness (QED) is 0.0231. The van der Waals surface area contributed by atoms with Crippen LogP contribution >= 0.6 is 36.1 Å². The van der Waals surface area contributed by atoms with Crippen LogP contribution in [0.25, 0.3) is 22.3 Å². The van der Waals surface area contributed by atoms with E-state index in [9.17, 15) is 14.2 Å².